The predicted octanol–water partition coefficient (Wildman–Crippen LogP) is 1.63. The van der Waals surface area contributed by atoms with Gasteiger partial charge in [-0.25, -0.2) is 8.42 Å². The Morgan fingerprint density at radius 1 is 1.00 bits per heavy atom. The number of carbonyl (C=O) groups is 2. The molecular weight excluding hydrogens is 332 g/mol. The molecule has 2 N–H and O–H groups in total. The van der Waals surface area contributed by atoms with E-state index >= 15 is 0 Å². The molecule has 120 valence electrons. The molecule has 0 saturated heterocycles. The lowest BCUT2D eigenvalue weighted by molar-refractivity contribution is -0.155. The van der Waals surface area contributed by atoms with E-state index in [0.717, 1.165) is 0 Å². The largest absolute Gasteiger partial charge is 0.481 e. The number of rotatable bonds is 4. The van der Waals surface area contributed by atoms with Gasteiger partial charge in [0, 0.05) is 0 Å². The lowest BCUT2D eigenvalue weighted by atomic mass is 9.79. The van der Waals surface area contributed by atoms with Crippen LogP contribution in [0.25, 0.3) is 0 Å². The molecule has 0 heterocycles. The predicted molar refractivity (Wildman–Crippen MR) is 78.5 cm³/mol. The van der Waals surface area contributed by atoms with Crippen molar-refractivity contribution in [2.75, 3.05) is 0 Å². The van der Waals surface area contributed by atoms with Crippen molar-refractivity contribution in [2.45, 2.75) is 28.4 Å². The summed E-state index contributed by atoms with van der Waals surface area (Å²) in [4.78, 5) is 22.5. The molecule has 1 saturated carbocycles. The fourth-order valence-electron chi connectivity index (χ4n) is 2.77. The van der Waals surface area contributed by atoms with Crippen LogP contribution in [0.2, 0.25) is 0 Å². The molecule has 6 nitrogen and oxygen atoms in total. The van der Waals surface area contributed by atoms with Crippen LogP contribution in [-0.2, 0) is 19.4 Å². The quantitative estimate of drug-likeness (QED) is 0.802. The van der Waals surface area contributed by atoms with Crippen molar-refractivity contribution in [3.8, 4) is 0 Å². The van der Waals surface area contributed by atoms with Crippen LogP contribution in [0.5, 0.6) is 0 Å². The normalized spacial score (nSPS) is 29.0. The molecule has 2 rings (SSSR count). The van der Waals surface area contributed by atoms with Crippen molar-refractivity contribution in [3.63, 3.8) is 0 Å². The van der Waals surface area contributed by atoms with Gasteiger partial charge in [-0.15, -0.1) is 11.6 Å². The maximum Gasteiger partial charge on any atom is 0.307 e. The van der Waals surface area contributed by atoms with Crippen molar-refractivity contribution < 1.29 is 28.2 Å². The number of carboxylic acid groups (broad SMARTS) is 2. The molecule has 0 bridgehead atoms. The Balaban J connectivity index is 2.36. The molecule has 1 aliphatic carbocycles. The Bertz CT molecular complexity index is 672. The number of alkyl halides is 1. The van der Waals surface area contributed by atoms with Crippen molar-refractivity contribution >= 4 is 33.4 Å². The van der Waals surface area contributed by atoms with Gasteiger partial charge in [0.2, 0.25) is 0 Å². The van der Waals surface area contributed by atoms with Crippen LogP contribution < -0.4 is 0 Å². The average Bonchev–Trinajstić information content (AvgIpc) is 2.47. The first-order valence-electron chi connectivity index (χ1n) is 6.63. The van der Waals surface area contributed by atoms with Crippen LogP contribution in [0.3, 0.4) is 0 Å². The summed E-state index contributed by atoms with van der Waals surface area (Å²) in [6.45, 7) is 0. The minimum Gasteiger partial charge on any atom is -0.481 e. The van der Waals surface area contributed by atoms with E-state index in [9.17, 15) is 23.1 Å². The Morgan fingerprint density at radius 3 is 2.00 bits per heavy atom. The van der Waals surface area contributed by atoms with Crippen LogP contribution in [0.4, 0.5) is 0 Å². The molecule has 0 unspecified atom stereocenters. The van der Waals surface area contributed by atoms with Gasteiger partial charge in [-0.2, -0.15) is 0 Å². The Morgan fingerprint density at radius 2 is 1.50 bits per heavy atom. The van der Waals surface area contributed by atoms with Crippen LogP contribution in [0.15, 0.2) is 35.2 Å². The van der Waals surface area contributed by atoms with Gasteiger partial charge in [0.1, 0.15) is 0 Å². The van der Waals surface area contributed by atoms with Crippen molar-refractivity contribution in [1.82, 2.24) is 0 Å². The van der Waals surface area contributed by atoms with E-state index in [4.69, 9.17) is 16.7 Å². The van der Waals surface area contributed by atoms with Gasteiger partial charge in [0.05, 0.1) is 27.4 Å². The maximum atomic E-state index is 12.6. The van der Waals surface area contributed by atoms with Crippen molar-refractivity contribution in [1.29, 1.82) is 0 Å². The molecule has 22 heavy (non-hydrogen) atoms. The average molecular weight is 347 g/mol. The van der Waals surface area contributed by atoms with Gasteiger partial charge in [0.15, 0.2) is 9.84 Å². The van der Waals surface area contributed by atoms with E-state index in [-0.39, 0.29) is 17.7 Å². The van der Waals surface area contributed by atoms with Crippen LogP contribution in [0.1, 0.15) is 12.8 Å². The molecule has 1 aromatic carbocycles. The summed E-state index contributed by atoms with van der Waals surface area (Å²) in [5.74, 6) is -5.03. The molecule has 0 radical (unpaired) electrons. The van der Waals surface area contributed by atoms with Gasteiger partial charge in [0.25, 0.3) is 0 Å². The smallest absolute Gasteiger partial charge is 0.307 e. The summed E-state index contributed by atoms with van der Waals surface area (Å²) >= 11 is 6.09. The van der Waals surface area contributed by atoms with E-state index in [1.54, 1.807) is 18.2 Å². The first kappa shape index (κ1) is 16.8. The van der Waals surface area contributed by atoms with Gasteiger partial charge in [-0.05, 0) is 25.0 Å². The minimum atomic E-state index is -3.81. The minimum absolute atomic E-state index is 0.0589. The number of carboxylic acids is 2. The Hall–Kier alpha value is -1.60. The monoisotopic (exact) mass is 346 g/mol. The SMILES string of the molecule is O=C(O)[C@H]1C[C@H](Cl)[C@H](S(=O)(=O)c2ccccc2)C[C@H]1C(=O)O. The van der Waals surface area contributed by atoms with Gasteiger partial charge >= 0.3 is 11.9 Å². The fourth-order valence-corrected chi connectivity index (χ4v) is 5.32. The second kappa shape index (κ2) is 6.26. The Kier molecular flexibility index (Phi) is 4.77. The van der Waals surface area contributed by atoms with E-state index < -0.39 is 44.2 Å². The van der Waals surface area contributed by atoms with Crippen LogP contribution in [-0.4, -0.2) is 41.2 Å². The molecule has 1 fully saturated rings. The first-order valence-corrected chi connectivity index (χ1v) is 8.62. The third-order valence-corrected chi connectivity index (χ3v) is 6.84. The number of sulfone groups is 1. The fraction of sp³-hybridized carbons (Fsp3) is 0.429. The number of aliphatic carboxylic acids is 2. The summed E-state index contributed by atoms with van der Waals surface area (Å²) in [6.07, 6.45) is -0.498. The molecule has 0 aromatic heterocycles. The number of halogens is 1. The van der Waals surface area contributed by atoms with Crippen LogP contribution >= 0.6 is 11.6 Å². The molecule has 1 aromatic rings. The van der Waals surface area contributed by atoms with Gasteiger partial charge in [-0.1, -0.05) is 18.2 Å². The van der Waals surface area contributed by atoms with E-state index in [0.29, 0.717) is 0 Å². The van der Waals surface area contributed by atoms with E-state index in [1.807, 2.05) is 0 Å². The summed E-state index contributed by atoms with van der Waals surface area (Å²) in [6, 6.07) is 7.62. The van der Waals surface area contributed by atoms with Crippen molar-refractivity contribution in [2.24, 2.45) is 11.8 Å². The van der Waals surface area contributed by atoms with Gasteiger partial charge < -0.3 is 10.2 Å². The number of benzene rings is 1. The number of hydrogen-bond acceptors (Lipinski definition) is 4. The maximum absolute atomic E-state index is 12.6. The third kappa shape index (κ3) is 3.10. The molecule has 4 atom stereocenters. The summed E-state index contributed by atoms with van der Waals surface area (Å²) in [5, 5.41) is 16.2. The highest BCUT2D eigenvalue weighted by molar-refractivity contribution is 7.92. The highest BCUT2D eigenvalue weighted by Crippen LogP contribution is 2.39. The third-order valence-electron chi connectivity index (χ3n) is 3.96. The summed E-state index contributed by atoms with van der Waals surface area (Å²) in [5.41, 5.74) is 0. The second-order valence-electron chi connectivity index (χ2n) is 5.27. The van der Waals surface area contributed by atoms with Crippen molar-refractivity contribution in [3.05, 3.63) is 30.3 Å². The molecule has 0 aliphatic heterocycles. The zero-order chi connectivity index (χ0) is 16.5. The Labute approximate surface area is 132 Å². The lowest BCUT2D eigenvalue weighted by Gasteiger charge is -2.34. The zero-order valence-corrected chi connectivity index (χ0v) is 13.0. The standard InChI is InChI=1S/C14H15ClO6S/c15-11-6-9(13(16)17)10(14(18)19)7-12(11)22(20,21)8-4-2-1-3-5-8/h1-5,9-12H,6-7H2,(H,16,17)(H,18,19)/t9-,10+,11-,12+/m0/s1. The summed E-state index contributed by atoms with van der Waals surface area (Å²) in [7, 11) is -3.81. The topological polar surface area (TPSA) is 109 Å². The van der Waals surface area contributed by atoms with E-state index in [1.165, 1.54) is 12.1 Å². The van der Waals surface area contributed by atoms with Crippen LogP contribution in [0, 0.1) is 11.8 Å². The van der Waals surface area contributed by atoms with Gasteiger partial charge in [-0.3, -0.25) is 9.59 Å². The first-order chi connectivity index (χ1) is 10.2. The molecule has 0 spiro atoms. The number of hydrogen-bond donors (Lipinski definition) is 2. The highest BCUT2D eigenvalue weighted by atomic mass is 35.5. The van der Waals surface area contributed by atoms with E-state index in [2.05, 4.69) is 0 Å². The zero-order valence-electron chi connectivity index (χ0n) is 11.4. The summed E-state index contributed by atoms with van der Waals surface area (Å²) < 4.78 is 25.2. The highest BCUT2D eigenvalue weighted by Gasteiger charge is 2.48. The molecule has 8 heteroatoms. The molecule has 1 aliphatic rings. The lowest BCUT2D eigenvalue weighted by Crippen LogP contribution is -2.46. The molecular formula is C14H15ClO6S. The molecule has 0 amide bonds. The second-order valence-corrected chi connectivity index (χ2v) is 8.00.